The molecule has 0 spiro atoms. The highest BCUT2D eigenvalue weighted by atomic mass is 19.1. The van der Waals surface area contributed by atoms with Gasteiger partial charge in [-0.2, -0.15) is 0 Å². The van der Waals surface area contributed by atoms with Gasteiger partial charge in [0.25, 0.3) is 0 Å². The van der Waals surface area contributed by atoms with Crippen LogP contribution in [0.2, 0.25) is 0 Å². The van der Waals surface area contributed by atoms with Crippen LogP contribution < -0.4 is 10.8 Å². The van der Waals surface area contributed by atoms with E-state index in [4.69, 9.17) is 9.94 Å². The van der Waals surface area contributed by atoms with Crippen molar-refractivity contribution in [3.63, 3.8) is 0 Å². The zero-order chi connectivity index (χ0) is 28.5. The van der Waals surface area contributed by atoms with Gasteiger partial charge in [0.05, 0.1) is 6.04 Å². The van der Waals surface area contributed by atoms with Gasteiger partial charge in [0.1, 0.15) is 17.4 Å². The monoisotopic (exact) mass is 541 g/mol. The fourth-order valence-electron chi connectivity index (χ4n) is 3.77. The van der Waals surface area contributed by atoms with Crippen LogP contribution in [0.4, 0.5) is 8.78 Å². The minimum atomic E-state index is -0.803. The number of carbonyl (C=O) groups is 2. The average Bonchev–Trinajstić information content (AvgIpc) is 3.37. The van der Waals surface area contributed by atoms with E-state index in [0.717, 1.165) is 12.0 Å². The Hall–Kier alpha value is -3.85. The standard InChI is InChI=1S/C30H37F2N3O4/c1-3-24(31)8-7-18-34-29(36)15-10-22(2)27(16-19-33-17-6-4-5-9-30(37)38)28-21-26(39-35-28)20-23-11-13-25(32)14-12-23/h3,7-8,10-17,19,21-22,27-28,35H,4-6,9,18,20H2,1-2H3,(H,34,36)(H,37,38)/b8-7-,15-10+,19-16+,24-3+,33-17+. The molecule has 3 N–H and O–H groups in total. The minimum absolute atomic E-state index is 0.0868. The lowest BCUT2D eigenvalue weighted by molar-refractivity contribution is -0.137. The smallest absolute Gasteiger partial charge is 0.303 e. The van der Waals surface area contributed by atoms with Gasteiger partial charge in [-0.05, 0) is 68.0 Å². The highest BCUT2D eigenvalue weighted by Gasteiger charge is 2.27. The highest BCUT2D eigenvalue weighted by Crippen LogP contribution is 2.26. The minimum Gasteiger partial charge on any atom is -0.481 e. The Morgan fingerprint density at radius 3 is 2.69 bits per heavy atom. The van der Waals surface area contributed by atoms with Crippen molar-refractivity contribution in [3.05, 3.63) is 96.0 Å². The van der Waals surface area contributed by atoms with E-state index in [1.54, 1.807) is 37.5 Å². The molecule has 1 aliphatic rings. The van der Waals surface area contributed by atoms with E-state index >= 15 is 0 Å². The van der Waals surface area contributed by atoms with Crippen molar-refractivity contribution in [2.24, 2.45) is 16.8 Å². The Labute approximate surface area is 228 Å². The van der Waals surface area contributed by atoms with E-state index < -0.39 is 5.97 Å². The van der Waals surface area contributed by atoms with E-state index in [0.29, 0.717) is 25.0 Å². The number of rotatable bonds is 16. The molecule has 210 valence electrons. The predicted octanol–water partition coefficient (Wildman–Crippen LogP) is 5.74. The molecule has 0 fully saturated rings. The van der Waals surface area contributed by atoms with Crippen molar-refractivity contribution in [2.75, 3.05) is 6.54 Å². The zero-order valence-corrected chi connectivity index (χ0v) is 22.4. The van der Waals surface area contributed by atoms with E-state index in [2.05, 4.69) is 15.8 Å². The molecule has 0 saturated heterocycles. The van der Waals surface area contributed by atoms with Crippen LogP contribution in [0, 0.1) is 17.7 Å². The number of halogens is 2. The summed E-state index contributed by atoms with van der Waals surface area (Å²) >= 11 is 0. The number of aliphatic imine (C=N–C) groups is 1. The van der Waals surface area contributed by atoms with E-state index in [-0.39, 0.29) is 48.4 Å². The third-order valence-electron chi connectivity index (χ3n) is 5.98. The molecule has 0 bridgehead atoms. The molecule has 3 atom stereocenters. The van der Waals surface area contributed by atoms with Crippen LogP contribution in [0.5, 0.6) is 0 Å². The molecule has 2 rings (SSSR count). The summed E-state index contributed by atoms with van der Waals surface area (Å²) in [5, 5.41) is 11.4. The Balaban J connectivity index is 2.03. The fraction of sp³-hybridized carbons (Fsp3) is 0.367. The zero-order valence-electron chi connectivity index (χ0n) is 22.4. The highest BCUT2D eigenvalue weighted by molar-refractivity contribution is 5.87. The Kier molecular flexibility index (Phi) is 14.2. The fourth-order valence-corrected chi connectivity index (χ4v) is 3.77. The van der Waals surface area contributed by atoms with Gasteiger partial charge >= 0.3 is 5.97 Å². The van der Waals surface area contributed by atoms with Gasteiger partial charge in [-0.1, -0.05) is 43.4 Å². The van der Waals surface area contributed by atoms with Crippen LogP contribution in [0.15, 0.2) is 89.6 Å². The number of nitrogens with zero attached hydrogens (tertiary/aromatic N) is 1. The summed E-state index contributed by atoms with van der Waals surface area (Å²) in [7, 11) is 0. The first-order valence-electron chi connectivity index (χ1n) is 13.0. The lowest BCUT2D eigenvalue weighted by Gasteiger charge is -2.22. The van der Waals surface area contributed by atoms with E-state index in [1.165, 1.54) is 36.4 Å². The number of allylic oxidation sites excluding steroid dienone is 5. The lowest BCUT2D eigenvalue weighted by Crippen LogP contribution is -2.32. The summed E-state index contributed by atoms with van der Waals surface area (Å²) in [5.41, 5.74) is 3.95. The number of carbonyl (C=O) groups excluding carboxylic acids is 1. The van der Waals surface area contributed by atoms with Gasteiger partial charge in [0.15, 0.2) is 0 Å². The van der Waals surface area contributed by atoms with E-state index in [9.17, 15) is 18.4 Å². The number of nitrogens with one attached hydrogen (secondary N) is 2. The van der Waals surface area contributed by atoms with Gasteiger partial charge in [0.2, 0.25) is 5.91 Å². The number of hydrogen-bond acceptors (Lipinski definition) is 5. The Morgan fingerprint density at radius 1 is 1.21 bits per heavy atom. The number of unbranched alkanes of at least 4 members (excludes halogenated alkanes) is 2. The van der Waals surface area contributed by atoms with Crippen molar-refractivity contribution < 1.29 is 28.3 Å². The number of hydrogen-bond donors (Lipinski definition) is 3. The first-order valence-corrected chi connectivity index (χ1v) is 13.0. The molecule has 0 saturated carbocycles. The topological polar surface area (TPSA) is 100 Å². The molecule has 3 unspecified atom stereocenters. The molecular weight excluding hydrogens is 504 g/mol. The molecule has 39 heavy (non-hydrogen) atoms. The van der Waals surface area contributed by atoms with Crippen LogP contribution in [0.1, 0.15) is 45.1 Å². The normalized spacial score (nSPS) is 17.7. The first-order chi connectivity index (χ1) is 18.8. The van der Waals surface area contributed by atoms with Crippen molar-refractivity contribution in [1.29, 1.82) is 0 Å². The Bertz CT molecular complexity index is 1110. The van der Waals surface area contributed by atoms with Gasteiger partial charge in [-0.3, -0.25) is 14.6 Å². The van der Waals surface area contributed by atoms with Crippen molar-refractivity contribution in [3.8, 4) is 0 Å². The number of carboxylic acid groups (broad SMARTS) is 1. The number of carboxylic acids is 1. The van der Waals surface area contributed by atoms with Gasteiger partial charge in [-0.25, -0.2) is 8.78 Å². The number of amides is 1. The third kappa shape index (κ3) is 13.0. The van der Waals surface area contributed by atoms with Crippen LogP contribution >= 0.6 is 0 Å². The maximum absolute atomic E-state index is 13.2. The van der Waals surface area contributed by atoms with Crippen LogP contribution in [-0.4, -0.2) is 35.8 Å². The van der Waals surface area contributed by atoms with Crippen molar-refractivity contribution in [2.45, 2.75) is 52.0 Å². The summed E-state index contributed by atoms with van der Waals surface area (Å²) in [6.45, 7) is 3.77. The second kappa shape index (κ2) is 17.6. The largest absolute Gasteiger partial charge is 0.481 e. The van der Waals surface area contributed by atoms with Gasteiger partial charge in [0, 0.05) is 37.7 Å². The SMILES string of the molecule is C/C=C(F)\C=C/CNC(=O)/C=C/C(C)C(/C=C/N=C/CCCCC(=O)O)C1C=C(Cc2ccc(F)cc2)ON1. The number of aliphatic carboxylic acids is 1. The summed E-state index contributed by atoms with van der Waals surface area (Å²) in [6.07, 6.45) is 17.4. The molecule has 7 nitrogen and oxygen atoms in total. The third-order valence-corrected chi connectivity index (χ3v) is 5.98. The molecule has 1 amide bonds. The van der Waals surface area contributed by atoms with Gasteiger partial charge in [-0.15, -0.1) is 5.48 Å². The Morgan fingerprint density at radius 2 is 1.97 bits per heavy atom. The molecule has 0 radical (unpaired) electrons. The van der Waals surface area contributed by atoms with E-state index in [1.807, 2.05) is 19.1 Å². The summed E-state index contributed by atoms with van der Waals surface area (Å²) in [4.78, 5) is 32.8. The second-order valence-electron chi connectivity index (χ2n) is 9.11. The average molecular weight is 542 g/mol. The van der Waals surface area contributed by atoms with Crippen LogP contribution in [0.3, 0.4) is 0 Å². The molecular formula is C30H37F2N3O4. The first kappa shape index (κ1) is 31.4. The lowest BCUT2D eigenvalue weighted by atomic mass is 9.86. The summed E-state index contributed by atoms with van der Waals surface area (Å²) in [5.74, 6) is -1.26. The van der Waals surface area contributed by atoms with Crippen LogP contribution in [0.25, 0.3) is 0 Å². The molecule has 1 aromatic rings. The maximum Gasteiger partial charge on any atom is 0.303 e. The number of hydroxylamine groups is 1. The molecule has 0 aliphatic carbocycles. The van der Waals surface area contributed by atoms with Crippen molar-refractivity contribution >= 4 is 18.1 Å². The molecule has 1 aliphatic heterocycles. The number of benzene rings is 1. The predicted molar refractivity (Wildman–Crippen MR) is 149 cm³/mol. The molecule has 9 heteroatoms. The maximum atomic E-state index is 13.2. The summed E-state index contributed by atoms with van der Waals surface area (Å²) < 4.78 is 26.4. The van der Waals surface area contributed by atoms with Gasteiger partial charge < -0.3 is 15.3 Å². The molecule has 0 aromatic heterocycles. The second-order valence-corrected chi connectivity index (χ2v) is 9.11. The molecule has 1 aromatic carbocycles. The quantitative estimate of drug-likeness (QED) is 0.107. The summed E-state index contributed by atoms with van der Waals surface area (Å²) in [6, 6.07) is 6.04. The van der Waals surface area contributed by atoms with Crippen molar-refractivity contribution in [1.82, 2.24) is 10.8 Å². The van der Waals surface area contributed by atoms with Crippen LogP contribution in [-0.2, 0) is 20.8 Å². The molecule has 1 heterocycles.